The van der Waals surface area contributed by atoms with Gasteiger partial charge in [0.2, 0.25) is 0 Å². The molecular formula is C22H21BrN2O5S. The number of ether oxygens (including phenoxy) is 2. The Bertz CT molecular complexity index is 1070. The van der Waals surface area contributed by atoms with E-state index in [-0.39, 0.29) is 17.6 Å². The van der Waals surface area contributed by atoms with Crippen molar-refractivity contribution in [2.24, 2.45) is 4.99 Å². The molecule has 0 radical (unpaired) electrons. The highest BCUT2D eigenvalue weighted by molar-refractivity contribution is 9.10. The second-order valence-corrected chi connectivity index (χ2v) is 8.28. The minimum atomic E-state index is -0.388. The number of thioether (sulfide) groups is 1. The van der Waals surface area contributed by atoms with Crippen molar-refractivity contribution in [3.63, 3.8) is 0 Å². The third-order valence-electron chi connectivity index (χ3n) is 4.26. The second-order valence-electron chi connectivity index (χ2n) is 6.42. The summed E-state index contributed by atoms with van der Waals surface area (Å²) in [7, 11) is 1.65. The highest BCUT2D eigenvalue weighted by Gasteiger charge is 2.30. The van der Waals surface area contributed by atoms with E-state index in [4.69, 9.17) is 9.47 Å². The molecule has 1 saturated heterocycles. The number of carbonyl (C=O) groups is 2. The summed E-state index contributed by atoms with van der Waals surface area (Å²) in [5.41, 5.74) is 1.76. The van der Waals surface area contributed by atoms with E-state index in [1.807, 2.05) is 6.92 Å². The van der Waals surface area contributed by atoms with Crippen LogP contribution in [0.1, 0.15) is 29.8 Å². The molecule has 9 heteroatoms. The number of carbonyl (C=O) groups excluding carboxylic acids is 2. The fourth-order valence-corrected chi connectivity index (χ4v) is 4.19. The molecule has 0 atom stereocenters. The van der Waals surface area contributed by atoms with Crippen LogP contribution in [-0.2, 0) is 9.53 Å². The molecule has 0 spiro atoms. The third kappa shape index (κ3) is 5.29. The normalized spacial score (nSPS) is 16.3. The van der Waals surface area contributed by atoms with E-state index in [1.165, 1.54) is 16.7 Å². The van der Waals surface area contributed by atoms with Crippen molar-refractivity contribution in [1.29, 1.82) is 0 Å². The first kappa shape index (κ1) is 22.9. The fraction of sp³-hybridized carbons (Fsp3) is 0.227. The van der Waals surface area contributed by atoms with Gasteiger partial charge in [-0.05, 0) is 89.6 Å². The highest BCUT2D eigenvalue weighted by Crippen LogP contribution is 2.38. The van der Waals surface area contributed by atoms with Crippen LogP contribution in [0.5, 0.6) is 11.5 Å². The SMILES string of the molecule is CCOC(=O)c1ccc(N=C2S/C(=C\c3cc(Br)c(O)c(OCC)c3)C(=O)N2C)cc1. The Morgan fingerprint density at radius 3 is 2.58 bits per heavy atom. The summed E-state index contributed by atoms with van der Waals surface area (Å²) in [6, 6.07) is 10.1. The maximum absolute atomic E-state index is 12.7. The standard InChI is InChI=1S/C22H21BrN2O5S/c1-4-29-17-11-13(10-16(23)19(17)26)12-18-20(27)25(3)22(31-18)24-15-8-6-14(7-9-15)21(28)30-5-2/h6-12,26H,4-5H2,1-3H3/b18-12-,24-22?. The molecule has 1 N–H and O–H groups in total. The van der Waals surface area contributed by atoms with Gasteiger partial charge in [-0.1, -0.05) is 0 Å². The molecule has 0 saturated carbocycles. The summed E-state index contributed by atoms with van der Waals surface area (Å²) in [5.74, 6) is -0.224. The molecule has 2 aromatic rings. The molecule has 0 bridgehead atoms. The number of halogens is 1. The molecule has 2 aromatic carbocycles. The molecule has 0 aromatic heterocycles. The molecule has 1 aliphatic heterocycles. The van der Waals surface area contributed by atoms with Gasteiger partial charge in [-0.3, -0.25) is 9.69 Å². The smallest absolute Gasteiger partial charge is 0.338 e. The summed E-state index contributed by atoms with van der Waals surface area (Å²) >= 11 is 4.55. The molecule has 0 unspecified atom stereocenters. The maximum Gasteiger partial charge on any atom is 0.338 e. The number of aromatic hydroxyl groups is 1. The lowest BCUT2D eigenvalue weighted by Crippen LogP contribution is -2.23. The summed E-state index contributed by atoms with van der Waals surface area (Å²) in [6.45, 7) is 4.29. The van der Waals surface area contributed by atoms with Crippen molar-refractivity contribution in [2.75, 3.05) is 20.3 Å². The first-order valence-corrected chi connectivity index (χ1v) is 11.1. The Morgan fingerprint density at radius 2 is 1.94 bits per heavy atom. The van der Waals surface area contributed by atoms with Crippen LogP contribution < -0.4 is 4.74 Å². The predicted octanol–water partition coefficient (Wildman–Crippen LogP) is 4.96. The number of benzene rings is 2. The number of aliphatic imine (C=N–C) groups is 1. The Hall–Kier alpha value is -2.78. The number of esters is 1. The summed E-state index contributed by atoms with van der Waals surface area (Å²) in [6.07, 6.45) is 1.72. The predicted molar refractivity (Wildman–Crippen MR) is 125 cm³/mol. The lowest BCUT2D eigenvalue weighted by Gasteiger charge is -2.09. The average molecular weight is 505 g/mol. The number of nitrogens with zero attached hydrogens (tertiary/aromatic N) is 2. The topological polar surface area (TPSA) is 88.4 Å². The van der Waals surface area contributed by atoms with E-state index in [9.17, 15) is 14.7 Å². The largest absolute Gasteiger partial charge is 0.503 e. The number of hydrogen-bond donors (Lipinski definition) is 1. The van der Waals surface area contributed by atoms with E-state index in [0.29, 0.717) is 50.3 Å². The Morgan fingerprint density at radius 1 is 1.23 bits per heavy atom. The maximum atomic E-state index is 12.7. The van der Waals surface area contributed by atoms with Gasteiger partial charge in [0.1, 0.15) is 0 Å². The van der Waals surface area contributed by atoms with Gasteiger partial charge < -0.3 is 14.6 Å². The minimum absolute atomic E-state index is 0.0139. The van der Waals surface area contributed by atoms with Gasteiger partial charge in [-0.25, -0.2) is 9.79 Å². The average Bonchev–Trinajstić information content (AvgIpc) is 3.00. The van der Waals surface area contributed by atoms with Crippen LogP contribution in [0.15, 0.2) is 50.8 Å². The Labute approximate surface area is 192 Å². The molecule has 162 valence electrons. The van der Waals surface area contributed by atoms with Gasteiger partial charge in [-0.15, -0.1) is 0 Å². The van der Waals surface area contributed by atoms with Gasteiger partial charge in [0.25, 0.3) is 5.91 Å². The molecule has 31 heavy (non-hydrogen) atoms. The van der Waals surface area contributed by atoms with E-state index in [1.54, 1.807) is 56.4 Å². The van der Waals surface area contributed by atoms with E-state index < -0.39 is 0 Å². The van der Waals surface area contributed by atoms with Crippen molar-refractivity contribution in [3.05, 3.63) is 56.9 Å². The quantitative estimate of drug-likeness (QED) is 0.441. The number of phenols is 1. The summed E-state index contributed by atoms with van der Waals surface area (Å²) < 4.78 is 10.9. The lowest BCUT2D eigenvalue weighted by atomic mass is 10.2. The molecule has 1 heterocycles. The van der Waals surface area contributed by atoms with Crippen molar-refractivity contribution in [2.45, 2.75) is 13.8 Å². The summed E-state index contributed by atoms with van der Waals surface area (Å²) in [5, 5.41) is 10.6. The van der Waals surface area contributed by atoms with Crippen LogP contribution in [0.3, 0.4) is 0 Å². The van der Waals surface area contributed by atoms with Crippen LogP contribution >= 0.6 is 27.7 Å². The van der Waals surface area contributed by atoms with Gasteiger partial charge in [-0.2, -0.15) is 0 Å². The van der Waals surface area contributed by atoms with Crippen molar-refractivity contribution in [3.8, 4) is 11.5 Å². The lowest BCUT2D eigenvalue weighted by molar-refractivity contribution is -0.121. The van der Waals surface area contributed by atoms with Crippen LogP contribution in [0.4, 0.5) is 5.69 Å². The zero-order valence-electron chi connectivity index (χ0n) is 17.2. The number of rotatable bonds is 6. The molecule has 1 fully saturated rings. The molecular weight excluding hydrogens is 484 g/mol. The Balaban J connectivity index is 1.84. The number of amidine groups is 1. The molecule has 1 aliphatic rings. The number of amides is 1. The first-order valence-electron chi connectivity index (χ1n) is 9.52. The van der Waals surface area contributed by atoms with Crippen molar-refractivity contribution < 1.29 is 24.2 Å². The monoisotopic (exact) mass is 504 g/mol. The zero-order valence-corrected chi connectivity index (χ0v) is 19.6. The van der Waals surface area contributed by atoms with Gasteiger partial charge in [0, 0.05) is 7.05 Å². The Kier molecular flexibility index (Phi) is 7.40. The zero-order chi connectivity index (χ0) is 22.5. The molecule has 0 aliphatic carbocycles. The van der Waals surface area contributed by atoms with Crippen molar-refractivity contribution in [1.82, 2.24) is 4.90 Å². The van der Waals surface area contributed by atoms with E-state index in [0.717, 1.165) is 0 Å². The van der Waals surface area contributed by atoms with Crippen molar-refractivity contribution >= 4 is 56.5 Å². The van der Waals surface area contributed by atoms with Crippen LogP contribution in [0, 0.1) is 0 Å². The second kappa shape index (κ2) is 10.0. The molecule has 7 nitrogen and oxygen atoms in total. The van der Waals surface area contributed by atoms with Gasteiger partial charge in [0.15, 0.2) is 16.7 Å². The van der Waals surface area contributed by atoms with Crippen LogP contribution in [0.25, 0.3) is 6.08 Å². The highest BCUT2D eigenvalue weighted by atomic mass is 79.9. The first-order chi connectivity index (χ1) is 14.8. The van der Waals surface area contributed by atoms with E-state index in [2.05, 4.69) is 20.9 Å². The molecule has 1 amide bonds. The number of phenolic OH excluding ortho intramolecular Hbond substituents is 1. The third-order valence-corrected chi connectivity index (χ3v) is 5.92. The van der Waals surface area contributed by atoms with Gasteiger partial charge >= 0.3 is 5.97 Å². The minimum Gasteiger partial charge on any atom is -0.503 e. The van der Waals surface area contributed by atoms with Gasteiger partial charge in [0.05, 0.1) is 33.8 Å². The van der Waals surface area contributed by atoms with Crippen LogP contribution in [-0.4, -0.2) is 47.3 Å². The molecule has 3 rings (SSSR count). The van der Waals surface area contributed by atoms with E-state index >= 15 is 0 Å². The number of likely N-dealkylation sites (N-methyl/N-ethyl adjacent to an activating group) is 1. The number of hydrogen-bond acceptors (Lipinski definition) is 7. The summed E-state index contributed by atoms with van der Waals surface area (Å²) in [4.78, 5) is 30.9. The fourth-order valence-electron chi connectivity index (χ4n) is 2.74. The van der Waals surface area contributed by atoms with Crippen LogP contribution in [0.2, 0.25) is 0 Å².